The number of hydrogen-bond donors (Lipinski definition) is 2. The Balaban J connectivity index is 1.02. The monoisotopic (exact) mass is 937 g/mol. The average Bonchev–Trinajstić information content (AvgIpc) is 3.19. The van der Waals surface area contributed by atoms with Crippen molar-refractivity contribution in [1.82, 2.24) is 0 Å². The summed E-state index contributed by atoms with van der Waals surface area (Å²) >= 11 is 4.32. The average molecular weight is 938 g/mol. The van der Waals surface area contributed by atoms with Crippen molar-refractivity contribution in [2.75, 3.05) is 0 Å². The van der Waals surface area contributed by atoms with Gasteiger partial charge in [-0.05, 0) is 169 Å². The SMILES string of the molecule is CC(C)C12CC3CC(c4cc(C(C)(C)C)cc(CSC5CCCCCC[C@@H]5SCc5cc(C(C)(C)C)cc(C67CC8CC(C(C)C)(C6)CC(C(C)C)(C8)C7)c5O)c4O)(C1)CC(C(C)C)(C3)C2. The molecule has 368 valence electrons. The van der Waals surface area contributed by atoms with Gasteiger partial charge < -0.3 is 10.2 Å². The van der Waals surface area contributed by atoms with Crippen molar-refractivity contribution in [3.8, 4) is 11.5 Å². The minimum Gasteiger partial charge on any atom is -0.507 e. The lowest BCUT2D eigenvalue weighted by Crippen LogP contribution is -2.61. The Bertz CT molecular complexity index is 1910. The van der Waals surface area contributed by atoms with E-state index in [0.717, 1.165) is 23.3 Å². The normalized spacial score (nSPS) is 37.7. The minimum atomic E-state index is 0.0115. The Labute approximate surface area is 414 Å². The molecule has 9 aliphatic carbocycles. The molecule has 2 aromatic rings. The number of aromatic hydroxyl groups is 2. The third-order valence-electron chi connectivity index (χ3n) is 21.5. The third-order valence-corrected chi connectivity index (χ3v) is 24.6. The molecule has 11 rings (SSSR count). The Morgan fingerprint density at radius 3 is 1.08 bits per heavy atom. The predicted octanol–water partition coefficient (Wildman–Crippen LogP) is 18.0. The summed E-state index contributed by atoms with van der Waals surface area (Å²) in [5, 5.41) is 26.7. The maximum atomic E-state index is 12.8. The molecule has 0 spiro atoms. The number of phenolic OH excluding ortho intramolecular Hbond substituents is 2. The smallest absolute Gasteiger partial charge is 0.123 e. The Morgan fingerprint density at radius 1 is 0.470 bits per heavy atom. The molecule has 66 heavy (non-hydrogen) atoms. The van der Waals surface area contributed by atoms with E-state index < -0.39 is 0 Å². The molecule has 2 nitrogen and oxygen atoms in total. The van der Waals surface area contributed by atoms with Gasteiger partial charge in [-0.2, -0.15) is 23.5 Å². The topological polar surface area (TPSA) is 40.5 Å². The van der Waals surface area contributed by atoms with Crippen LogP contribution < -0.4 is 0 Å². The van der Waals surface area contributed by atoms with Gasteiger partial charge >= 0.3 is 0 Å². The molecule has 9 aliphatic rings. The van der Waals surface area contributed by atoms with Crippen LogP contribution in [0.1, 0.15) is 246 Å². The lowest BCUT2D eigenvalue weighted by atomic mass is 9.35. The van der Waals surface area contributed by atoms with Crippen LogP contribution in [0.3, 0.4) is 0 Å². The molecular formula is C62H96O2S2. The van der Waals surface area contributed by atoms with Crippen LogP contribution in [0.25, 0.3) is 0 Å². The second-order valence-electron chi connectivity index (χ2n) is 28.9. The molecule has 0 heterocycles. The van der Waals surface area contributed by atoms with Gasteiger partial charge in [0.2, 0.25) is 0 Å². The van der Waals surface area contributed by atoms with E-state index in [4.69, 9.17) is 0 Å². The van der Waals surface area contributed by atoms with Crippen LogP contribution in [0.5, 0.6) is 11.5 Å². The highest BCUT2D eigenvalue weighted by Gasteiger charge is 2.67. The Morgan fingerprint density at radius 2 is 0.788 bits per heavy atom. The minimum absolute atomic E-state index is 0.0115. The van der Waals surface area contributed by atoms with Crippen LogP contribution in [0, 0.1) is 57.2 Å². The first-order valence-electron chi connectivity index (χ1n) is 27.7. The Hall–Kier alpha value is -1.26. The summed E-state index contributed by atoms with van der Waals surface area (Å²) in [6.07, 6.45) is 23.6. The molecule has 6 atom stereocenters. The lowest BCUT2D eigenvalue weighted by Gasteiger charge is -2.69. The summed E-state index contributed by atoms with van der Waals surface area (Å²) in [6.45, 7) is 34.4. The number of rotatable bonds is 12. The zero-order valence-corrected chi connectivity index (χ0v) is 46.4. The Kier molecular flexibility index (Phi) is 13.0. The predicted molar refractivity (Wildman–Crippen MR) is 286 cm³/mol. The van der Waals surface area contributed by atoms with Gasteiger partial charge in [0.15, 0.2) is 0 Å². The van der Waals surface area contributed by atoms with Crippen LogP contribution in [-0.4, -0.2) is 20.7 Å². The van der Waals surface area contributed by atoms with Gasteiger partial charge in [0.05, 0.1) is 0 Å². The van der Waals surface area contributed by atoms with E-state index in [1.165, 1.54) is 149 Å². The quantitative estimate of drug-likeness (QED) is 0.222. The van der Waals surface area contributed by atoms with Gasteiger partial charge in [-0.3, -0.25) is 0 Å². The van der Waals surface area contributed by atoms with Crippen LogP contribution in [0.15, 0.2) is 24.3 Å². The molecule has 2 N–H and O–H groups in total. The standard InChI is InChI=1S/C62H96O2S2/c1-39(2)57-25-43-26-58(33-57,40(3)4)36-61(29-43,35-57)49-23-47(55(9,10)11)21-45(53(49)63)31-65-51-19-17-15-16-18-20-52(51)66-32-46-22-48(56(12,13)14)24-50(54(46)64)62-30-44-27-59(37-62,41(5)6)34-60(28-44,38-62)42(7)8/h21-24,39-44,51-52,63-64H,15-20,25-38H2,1-14H3/t43?,44?,51-,52?,57?,58?,59?,60?,61?,62?/m0/s1. The van der Waals surface area contributed by atoms with Crippen LogP contribution in [0.2, 0.25) is 0 Å². The largest absolute Gasteiger partial charge is 0.507 e. The van der Waals surface area contributed by atoms with E-state index in [9.17, 15) is 10.2 Å². The molecule has 0 amide bonds. The molecule has 9 saturated carbocycles. The van der Waals surface area contributed by atoms with Crippen molar-refractivity contribution in [2.24, 2.45) is 57.2 Å². The van der Waals surface area contributed by atoms with Crippen molar-refractivity contribution in [3.05, 3.63) is 57.6 Å². The number of phenols is 2. The molecular weight excluding hydrogens is 841 g/mol. The first-order chi connectivity index (χ1) is 30.8. The molecule has 8 bridgehead atoms. The summed E-state index contributed by atoms with van der Waals surface area (Å²) in [5.74, 6) is 7.28. The fourth-order valence-corrected chi connectivity index (χ4v) is 20.9. The van der Waals surface area contributed by atoms with Crippen molar-refractivity contribution < 1.29 is 10.2 Å². The number of benzene rings is 2. The highest BCUT2D eigenvalue weighted by Crippen LogP contribution is 2.76. The first-order valence-corrected chi connectivity index (χ1v) is 29.8. The molecule has 2 aromatic carbocycles. The van der Waals surface area contributed by atoms with E-state index in [1.807, 2.05) is 0 Å². The second kappa shape index (κ2) is 17.2. The summed E-state index contributed by atoms with van der Waals surface area (Å²) in [5.41, 5.74) is 9.53. The molecule has 0 saturated heterocycles. The maximum absolute atomic E-state index is 12.8. The molecule has 9 fully saturated rings. The molecule has 0 aromatic heterocycles. The van der Waals surface area contributed by atoms with Gasteiger partial charge in [0.25, 0.3) is 0 Å². The summed E-state index contributed by atoms with van der Waals surface area (Å²) in [6, 6.07) is 9.86. The zero-order valence-electron chi connectivity index (χ0n) is 44.8. The summed E-state index contributed by atoms with van der Waals surface area (Å²) in [4.78, 5) is 0. The van der Waals surface area contributed by atoms with Crippen molar-refractivity contribution >= 4 is 23.5 Å². The number of hydrogen-bond acceptors (Lipinski definition) is 4. The second-order valence-corrected chi connectivity index (χ2v) is 31.4. The first kappa shape index (κ1) is 49.7. The summed E-state index contributed by atoms with van der Waals surface area (Å²) in [7, 11) is 0. The van der Waals surface area contributed by atoms with E-state index in [0.29, 0.717) is 67.3 Å². The van der Waals surface area contributed by atoms with Gasteiger partial charge in [-0.25, -0.2) is 0 Å². The molecule has 5 unspecified atom stereocenters. The number of thioether (sulfide) groups is 2. The van der Waals surface area contributed by atoms with Gasteiger partial charge in [0, 0.05) is 55.1 Å². The van der Waals surface area contributed by atoms with Crippen molar-refractivity contribution in [2.45, 2.75) is 256 Å². The molecule has 4 heteroatoms. The fraction of sp³-hybridized carbons (Fsp3) is 0.806. The maximum Gasteiger partial charge on any atom is 0.123 e. The van der Waals surface area contributed by atoms with Gasteiger partial charge in [-0.15, -0.1) is 0 Å². The van der Waals surface area contributed by atoms with E-state index >= 15 is 0 Å². The van der Waals surface area contributed by atoms with Gasteiger partial charge in [-0.1, -0.05) is 147 Å². The zero-order chi connectivity index (χ0) is 47.6. The highest BCUT2D eigenvalue weighted by molar-refractivity contribution is 8.03. The van der Waals surface area contributed by atoms with E-state index in [-0.39, 0.29) is 21.7 Å². The highest BCUT2D eigenvalue weighted by atomic mass is 32.2. The lowest BCUT2D eigenvalue weighted by molar-refractivity contribution is -0.163. The fourth-order valence-electron chi connectivity index (χ4n) is 17.8. The van der Waals surface area contributed by atoms with Crippen molar-refractivity contribution in [3.63, 3.8) is 0 Å². The van der Waals surface area contributed by atoms with Crippen molar-refractivity contribution in [1.29, 1.82) is 0 Å². The summed E-state index contributed by atoms with van der Waals surface area (Å²) < 4.78 is 0. The van der Waals surface area contributed by atoms with Crippen LogP contribution in [0.4, 0.5) is 0 Å². The van der Waals surface area contributed by atoms with E-state index in [2.05, 4.69) is 145 Å². The third kappa shape index (κ3) is 8.50. The molecule has 0 radical (unpaired) electrons. The molecule has 0 aliphatic heterocycles. The van der Waals surface area contributed by atoms with E-state index in [1.54, 1.807) is 0 Å². The van der Waals surface area contributed by atoms with Crippen LogP contribution in [-0.2, 0) is 33.2 Å². The van der Waals surface area contributed by atoms with Gasteiger partial charge in [0.1, 0.15) is 11.5 Å². The van der Waals surface area contributed by atoms with Crippen LogP contribution >= 0.6 is 23.5 Å².